The van der Waals surface area contributed by atoms with E-state index in [9.17, 15) is 28.7 Å². The summed E-state index contributed by atoms with van der Waals surface area (Å²) in [4.78, 5) is 54.0. The Labute approximate surface area is 237 Å². The van der Waals surface area contributed by atoms with E-state index in [4.69, 9.17) is 0 Å². The van der Waals surface area contributed by atoms with Crippen molar-refractivity contribution in [2.75, 3.05) is 18.5 Å². The van der Waals surface area contributed by atoms with Gasteiger partial charge >= 0.3 is 6.09 Å². The number of nitrogens with zero attached hydrogens (tertiary/aromatic N) is 4. The van der Waals surface area contributed by atoms with Crippen molar-refractivity contribution in [1.29, 1.82) is 0 Å². The number of aromatic nitrogens is 2. The molecule has 3 amide bonds. The average molecular weight is 564 g/mol. The number of carbonyl (C=O) groups is 3. The molecule has 2 heterocycles. The van der Waals surface area contributed by atoms with Crippen molar-refractivity contribution in [3.63, 3.8) is 0 Å². The number of hydrogen-bond donors (Lipinski definition) is 2. The Morgan fingerprint density at radius 2 is 1.93 bits per heavy atom. The molecule has 1 saturated heterocycles. The van der Waals surface area contributed by atoms with E-state index >= 15 is 0 Å². The molecule has 3 aromatic rings. The molecule has 0 radical (unpaired) electrons. The lowest BCUT2D eigenvalue weighted by Crippen LogP contribution is -2.52. The summed E-state index contributed by atoms with van der Waals surface area (Å²) in [7, 11) is 1.45. The van der Waals surface area contributed by atoms with E-state index in [1.807, 2.05) is 13.0 Å². The number of H-pyrrole nitrogens is 1. The van der Waals surface area contributed by atoms with Crippen molar-refractivity contribution in [3.05, 3.63) is 92.6 Å². The fourth-order valence-corrected chi connectivity index (χ4v) is 5.51. The van der Waals surface area contributed by atoms with Crippen LogP contribution >= 0.6 is 0 Å². The van der Waals surface area contributed by atoms with Crippen molar-refractivity contribution < 1.29 is 23.9 Å². The fourth-order valence-electron chi connectivity index (χ4n) is 5.51. The number of anilines is 1. The molecule has 216 valence electrons. The molecular weight excluding hydrogens is 529 g/mol. The second-order valence-corrected chi connectivity index (χ2v) is 10.5. The van der Waals surface area contributed by atoms with Crippen molar-refractivity contribution in [1.82, 2.24) is 20.0 Å². The summed E-state index contributed by atoms with van der Waals surface area (Å²) in [5.41, 5.74) is 3.84. The maximum atomic E-state index is 14.1. The van der Waals surface area contributed by atoms with Crippen LogP contribution in [0.2, 0.25) is 0 Å². The number of benzene rings is 2. The van der Waals surface area contributed by atoms with Crippen molar-refractivity contribution in [2.45, 2.75) is 58.2 Å². The average Bonchev–Trinajstić information content (AvgIpc) is 3.39. The number of likely N-dealkylation sites (tertiary alicyclic amines) is 1. The number of aromatic amines is 1. The second kappa shape index (κ2) is 12.3. The molecule has 10 nitrogen and oxygen atoms in total. The highest BCUT2D eigenvalue weighted by atomic mass is 19.1. The van der Waals surface area contributed by atoms with Gasteiger partial charge in [0.1, 0.15) is 12.4 Å². The highest BCUT2D eigenvalue weighted by Crippen LogP contribution is 2.39. The first-order valence-electron chi connectivity index (χ1n) is 13.4. The van der Waals surface area contributed by atoms with Crippen molar-refractivity contribution in [2.24, 2.45) is 0 Å². The number of carbonyl (C=O) groups excluding carboxylic acids is 2. The Morgan fingerprint density at radius 1 is 1.17 bits per heavy atom. The Balaban J connectivity index is 1.60. The minimum Gasteiger partial charge on any atom is -0.465 e. The van der Waals surface area contributed by atoms with Crippen LogP contribution in [0.3, 0.4) is 0 Å². The van der Waals surface area contributed by atoms with Gasteiger partial charge in [-0.05, 0) is 80.6 Å². The number of aryl methyl sites for hydroxylation is 2. The van der Waals surface area contributed by atoms with Crippen molar-refractivity contribution in [3.8, 4) is 0 Å². The van der Waals surface area contributed by atoms with Gasteiger partial charge in [-0.1, -0.05) is 18.2 Å². The summed E-state index contributed by atoms with van der Waals surface area (Å²) < 4.78 is 14.1. The first kappa shape index (κ1) is 29.4. The van der Waals surface area contributed by atoms with E-state index in [1.165, 1.54) is 24.1 Å². The lowest BCUT2D eigenvalue weighted by Gasteiger charge is -2.37. The zero-order valence-corrected chi connectivity index (χ0v) is 23.5. The van der Waals surface area contributed by atoms with Crippen LogP contribution in [-0.2, 0) is 16.0 Å². The van der Waals surface area contributed by atoms with E-state index in [2.05, 4.69) is 10.2 Å². The van der Waals surface area contributed by atoms with E-state index in [0.717, 1.165) is 16.0 Å². The summed E-state index contributed by atoms with van der Waals surface area (Å²) in [5, 5.41) is 15.9. The zero-order chi connectivity index (χ0) is 29.8. The lowest BCUT2D eigenvalue weighted by molar-refractivity contribution is -0.134. The number of rotatable bonds is 9. The van der Waals surface area contributed by atoms with E-state index in [1.54, 1.807) is 49.1 Å². The van der Waals surface area contributed by atoms with E-state index in [-0.39, 0.29) is 18.0 Å². The van der Waals surface area contributed by atoms with E-state index < -0.39 is 30.0 Å². The minimum atomic E-state index is -1.12. The molecule has 1 aliphatic heterocycles. The van der Waals surface area contributed by atoms with Gasteiger partial charge in [0, 0.05) is 24.7 Å². The molecule has 2 aromatic carbocycles. The predicted octanol–water partition coefficient (Wildman–Crippen LogP) is 3.81. The van der Waals surface area contributed by atoms with Crippen LogP contribution < -0.4 is 10.5 Å². The largest absolute Gasteiger partial charge is 0.465 e. The highest BCUT2D eigenvalue weighted by Gasteiger charge is 2.42. The summed E-state index contributed by atoms with van der Waals surface area (Å²) in [6.07, 6.45) is 0.894. The first-order valence-corrected chi connectivity index (χ1v) is 13.4. The molecule has 0 unspecified atom stereocenters. The molecule has 0 bridgehead atoms. The van der Waals surface area contributed by atoms with Gasteiger partial charge in [-0.3, -0.25) is 14.4 Å². The molecule has 2 N–H and O–H groups in total. The summed E-state index contributed by atoms with van der Waals surface area (Å²) in [6, 6.07) is 11.6. The monoisotopic (exact) mass is 563 g/mol. The zero-order valence-electron chi connectivity index (χ0n) is 23.5. The Hall–Kier alpha value is -4.54. The number of carboxylic acid groups (broad SMARTS) is 1. The van der Waals surface area contributed by atoms with Crippen LogP contribution in [0.5, 0.6) is 0 Å². The summed E-state index contributed by atoms with van der Waals surface area (Å²) >= 11 is 0. The van der Waals surface area contributed by atoms with Crippen molar-refractivity contribution >= 4 is 24.1 Å². The van der Waals surface area contributed by atoms with E-state index in [0.29, 0.717) is 48.2 Å². The summed E-state index contributed by atoms with van der Waals surface area (Å²) in [5.74, 6) is -0.803. The molecule has 1 aromatic heterocycles. The van der Waals surface area contributed by atoms with Crippen LogP contribution in [0.1, 0.15) is 53.8 Å². The van der Waals surface area contributed by atoms with Crippen LogP contribution in [0.15, 0.2) is 53.3 Å². The molecule has 4 rings (SSSR count). The van der Waals surface area contributed by atoms with Gasteiger partial charge in [0.15, 0.2) is 0 Å². The van der Waals surface area contributed by atoms with Gasteiger partial charge in [-0.2, -0.15) is 5.10 Å². The van der Waals surface area contributed by atoms with Gasteiger partial charge in [-0.15, -0.1) is 0 Å². The van der Waals surface area contributed by atoms with Crippen LogP contribution in [0.4, 0.5) is 14.9 Å². The van der Waals surface area contributed by atoms with Gasteiger partial charge in [0.25, 0.3) is 5.56 Å². The standard InChI is InChI=1S/C30H34FN5O5/c1-18-12-25(9-8-21(18)14-23-13-19(2)32-33-29(23)39)35(17-37)16-28(38)36-26(20(3)34(4)30(40)41)10-11-27(36)22-6-5-7-24(31)15-22/h5-9,12-13,15,17,20,26-27H,10-11,14,16H2,1-4H3,(H,33,39)(H,40,41)/t20-,26+,27-/m0/s1. The Bertz CT molecular complexity index is 1510. The third-order valence-corrected chi connectivity index (χ3v) is 7.90. The van der Waals surface area contributed by atoms with Crippen LogP contribution in [0, 0.1) is 19.7 Å². The quantitative estimate of drug-likeness (QED) is 0.381. The number of nitrogens with one attached hydrogen (secondary N) is 1. The summed E-state index contributed by atoms with van der Waals surface area (Å²) in [6.45, 7) is 5.11. The maximum Gasteiger partial charge on any atom is 0.407 e. The molecule has 1 aliphatic rings. The second-order valence-electron chi connectivity index (χ2n) is 10.5. The number of halogens is 1. The topological polar surface area (TPSA) is 127 Å². The molecule has 0 aliphatic carbocycles. The first-order chi connectivity index (χ1) is 19.5. The molecule has 41 heavy (non-hydrogen) atoms. The highest BCUT2D eigenvalue weighted by molar-refractivity contribution is 5.89. The molecule has 3 atom stereocenters. The third-order valence-electron chi connectivity index (χ3n) is 7.90. The minimum absolute atomic E-state index is 0.269. The predicted molar refractivity (Wildman–Crippen MR) is 151 cm³/mol. The van der Waals surface area contributed by atoms with Gasteiger partial charge in [-0.25, -0.2) is 14.3 Å². The molecule has 0 spiro atoms. The van der Waals surface area contributed by atoms with Gasteiger partial charge in [0.05, 0.1) is 23.8 Å². The number of hydrogen-bond acceptors (Lipinski definition) is 5. The smallest absolute Gasteiger partial charge is 0.407 e. The molecule has 0 saturated carbocycles. The van der Waals surface area contributed by atoms with Gasteiger partial charge < -0.3 is 19.8 Å². The SMILES string of the molecule is Cc1cc(Cc2ccc(N(C=O)CC(=O)N3[C@@H]([C@H](C)N(C)C(=O)O)CC[C@H]3c3cccc(F)c3)cc2C)c(=O)[nH]n1. The lowest BCUT2D eigenvalue weighted by atomic mass is 10.0. The third kappa shape index (κ3) is 6.45. The molecule has 11 heteroatoms. The normalized spacial score (nSPS) is 17.2. The van der Waals surface area contributed by atoms with Crippen LogP contribution in [0.25, 0.3) is 0 Å². The Kier molecular flexibility index (Phi) is 8.85. The van der Waals surface area contributed by atoms with Crippen LogP contribution in [-0.4, -0.2) is 69.2 Å². The Morgan fingerprint density at radius 3 is 2.59 bits per heavy atom. The number of likely N-dealkylation sites (N-methyl/N-ethyl adjacent to an activating group) is 1. The molecular formula is C30H34FN5O5. The van der Waals surface area contributed by atoms with Gasteiger partial charge in [0.2, 0.25) is 12.3 Å². The molecule has 1 fully saturated rings. The maximum absolute atomic E-state index is 14.1. The number of amides is 3. The fraction of sp³-hybridized carbons (Fsp3) is 0.367.